The van der Waals surface area contributed by atoms with E-state index in [1.165, 1.54) is 23.0 Å². The lowest BCUT2D eigenvalue weighted by Crippen LogP contribution is -2.30. The number of rotatable bonds is 3. The van der Waals surface area contributed by atoms with Gasteiger partial charge in [-0.25, -0.2) is 4.68 Å². The van der Waals surface area contributed by atoms with Crippen molar-refractivity contribution < 1.29 is 18.0 Å². The van der Waals surface area contributed by atoms with E-state index in [2.05, 4.69) is 10.3 Å². The molecular weight excluding hydrogens is 323 g/mol. The van der Waals surface area contributed by atoms with Crippen LogP contribution in [0.5, 0.6) is 0 Å². The molecule has 0 radical (unpaired) electrons. The van der Waals surface area contributed by atoms with Gasteiger partial charge < -0.3 is 10.6 Å². The topological polar surface area (TPSA) is 77.0 Å². The molecule has 9 heteroatoms. The number of carbonyl (C=O) groups excluding carboxylic acids is 1. The first kappa shape index (κ1) is 16.4. The Morgan fingerprint density at radius 2 is 2.17 bits per heavy atom. The third-order valence-corrected chi connectivity index (χ3v) is 4.06. The molecule has 2 aromatic rings. The maximum atomic E-state index is 12.8. The number of benzene rings is 1. The summed E-state index contributed by atoms with van der Waals surface area (Å²) in [5, 5.41) is 7.56. The molecule has 6 nitrogen and oxygen atoms in total. The maximum absolute atomic E-state index is 12.8. The summed E-state index contributed by atoms with van der Waals surface area (Å²) in [5.74, 6) is -0.0170. The highest BCUT2D eigenvalue weighted by atomic mass is 19.4. The monoisotopic (exact) mass is 339 g/mol. The van der Waals surface area contributed by atoms with Gasteiger partial charge in [0.1, 0.15) is 0 Å². The zero-order valence-electron chi connectivity index (χ0n) is 12.7. The van der Waals surface area contributed by atoms with Gasteiger partial charge in [0.2, 0.25) is 0 Å². The Labute approximate surface area is 136 Å². The van der Waals surface area contributed by atoms with Crippen molar-refractivity contribution in [2.75, 3.05) is 19.6 Å². The Morgan fingerprint density at radius 1 is 1.38 bits per heavy atom. The van der Waals surface area contributed by atoms with Crippen LogP contribution in [0, 0.1) is 5.92 Å². The first-order valence-corrected chi connectivity index (χ1v) is 7.48. The molecule has 1 fully saturated rings. The zero-order chi connectivity index (χ0) is 17.3. The first-order valence-electron chi connectivity index (χ1n) is 7.48. The van der Waals surface area contributed by atoms with Gasteiger partial charge in [0, 0.05) is 13.1 Å². The largest absolute Gasteiger partial charge is 0.416 e. The molecule has 0 bridgehead atoms. The highest BCUT2D eigenvalue weighted by molar-refractivity contribution is 5.92. The first-order chi connectivity index (χ1) is 11.4. The number of alkyl halides is 3. The van der Waals surface area contributed by atoms with E-state index in [4.69, 9.17) is 5.73 Å². The molecular formula is C15H16F3N5O. The molecule has 1 unspecified atom stereocenters. The van der Waals surface area contributed by atoms with Crippen LogP contribution >= 0.6 is 0 Å². The Bertz CT molecular complexity index is 743. The predicted molar refractivity (Wildman–Crippen MR) is 79.4 cm³/mol. The average molecular weight is 339 g/mol. The Morgan fingerprint density at radius 3 is 2.83 bits per heavy atom. The third kappa shape index (κ3) is 3.25. The van der Waals surface area contributed by atoms with Crippen LogP contribution in [-0.4, -0.2) is 45.4 Å². The number of nitrogens with zero attached hydrogens (tertiary/aromatic N) is 4. The van der Waals surface area contributed by atoms with Gasteiger partial charge in [-0.05, 0) is 37.1 Å². The number of halogens is 3. The van der Waals surface area contributed by atoms with E-state index in [0.717, 1.165) is 18.6 Å². The van der Waals surface area contributed by atoms with Crippen molar-refractivity contribution in [1.82, 2.24) is 19.9 Å². The van der Waals surface area contributed by atoms with Crippen molar-refractivity contribution in [2.45, 2.75) is 12.6 Å². The van der Waals surface area contributed by atoms with Gasteiger partial charge in [-0.3, -0.25) is 4.79 Å². The van der Waals surface area contributed by atoms with Crippen molar-refractivity contribution >= 4 is 5.91 Å². The van der Waals surface area contributed by atoms with Crippen molar-refractivity contribution in [1.29, 1.82) is 0 Å². The lowest BCUT2D eigenvalue weighted by atomic mass is 10.1. The fraction of sp³-hybridized carbons (Fsp3) is 0.400. The van der Waals surface area contributed by atoms with Crippen LogP contribution in [-0.2, 0) is 6.18 Å². The number of hydrogen-bond acceptors (Lipinski definition) is 4. The standard InChI is InChI=1S/C15H16F3N5O/c16-15(17,18)11-2-1-3-12(6-11)23-9-13(20-21-23)14(24)22-5-4-10(7-19)8-22/h1-3,6,9-10H,4-5,7-8,19H2. The van der Waals surface area contributed by atoms with Crippen LogP contribution in [0.1, 0.15) is 22.5 Å². The van der Waals surface area contributed by atoms with E-state index in [1.807, 2.05) is 0 Å². The predicted octanol–water partition coefficient (Wildman–Crippen LogP) is 1.71. The van der Waals surface area contributed by atoms with E-state index < -0.39 is 11.7 Å². The van der Waals surface area contributed by atoms with Crippen molar-refractivity contribution in [3.63, 3.8) is 0 Å². The SMILES string of the molecule is NCC1CCN(C(=O)c2cn(-c3cccc(C(F)(F)F)c3)nn2)C1. The average Bonchev–Trinajstić information content (AvgIpc) is 3.23. The maximum Gasteiger partial charge on any atom is 0.416 e. The smallest absolute Gasteiger partial charge is 0.337 e. The third-order valence-electron chi connectivity index (χ3n) is 4.06. The van der Waals surface area contributed by atoms with Crippen LogP contribution in [0.2, 0.25) is 0 Å². The summed E-state index contributed by atoms with van der Waals surface area (Å²) in [4.78, 5) is 14.0. The van der Waals surface area contributed by atoms with Crippen LogP contribution in [0.15, 0.2) is 30.5 Å². The second-order valence-electron chi connectivity index (χ2n) is 5.74. The van der Waals surface area contributed by atoms with Crippen LogP contribution in [0.4, 0.5) is 13.2 Å². The number of likely N-dealkylation sites (tertiary alicyclic amines) is 1. The minimum Gasteiger partial charge on any atom is -0.337 e. The number of amides is 1. The van der Waals surface area contributed by atoms with Gasteiger partial charge in [0.25, 0.3) is 5.91 Å². The molecule has 3 rings (SSSR count). The van der Waals surface area contributed by atoms with Gasteiger partial charge >= 0.3 is 6.18 Å². The van der Waals surface area contributed by atoms with Gasteiger partial charge in [-0.15, -0.1) is 5.10 Å². The summed E-state index contributed by atoms with van der Waals surface area (Å²) >= 11 is 0. The molecule has 1 aromatic carbocycles. The highest BCUT2D eigenvalue weighted by Crippen LogP contribution is 2.30. The summed E-state index contributed by atoms with van der Waals surface area (Å²) in [6.45, 7) is 1.67. The number of carbonyl (C=O) groups is 1. The van der Waals surface area contributed by atoms with Gasteiger partial charge in [0.15, 0.2) is 5.69 Å². The molecule has 128 valence electrons. The molecule has 1 amide bonds. The number of hydrogen-bond donors (Lipinski definition) is 1. The van der Waals surface area contributed by atoms with Gasteiger partial charge in [-0.1, -0.05) is 11.3 Å². The second-order valence-corrected chi connectivity index (χ2v) is 5.74. The fourth-order valence-electron chi connectivity index (χ4n) is 2.68. The number of aromatic nitrogens is 3. The van der Waals surface area contributed by atoms with E-state index in [0.29, 0.717) is 19.6 Å². The van der Waals surface area contributed by atoms with Crippen molar-refractivity contribution in [3.05, 3.63) is 41.7 Å². The molecule has 1 aliphatic heterocycles. The molecule has 1 aromatic heterocycles. The second kappa shape index (κ2) is 6.23. The molecule has 0 spiro atoms. The summed E-state index contributed by atoms with van der Waals surface area (Å²) in [6, 6.07) is 4.69. The minimum absolute atomic E-state index is 0.102. The fourth-order valence-corrected chi connectivity index (χ4v) is 2.68. The van der Waals surface area contributed by atoms with Crippen molar-refractivity contribution in [3.8, 4) is 5.69 Å². The molecule has 1 saturated heterocycles. The van der Waals surface area contributed by atoms with Crippen LogP contribution < -0.4 is 5.73 Å². The Balaban J connectivity index is 1.80. The number of nitrogens with two attached hydrogens (primary N) is 1. The van der Waals surface area contributed by atoms with Crippen LogP contribution in [0.25, 0.3) is 5.69 Å². The van der Waals surface area contributed by atoms with E-state index in [-0.39, 0.29) is 23.2 Å². The molecule has 0 aliphatic carbocycles. The van der Waals surface area contributed by atoms with Crippen molar-refractivity contribution in [2.24, 2.45) is 11.7 Å². The van der Waals surface area contributed by atoms with Crippen LogP contribution in [0.3, 0.4) is 0 Å². The quantitative estimate of drug-likeness (QED) is 0.923. The lowest BCUT2D eigenvalue weighted by Gasteiger charge is -2.14. The molecule has 24 heavy (non-hydrogen) atoms. The Kier molecular flexibility index (Phi) is 4.27. The van der Waals surface area contributed by atoms with E-state index in [9.17, 15) is 18.0 Å². The Hall–Kier alpha value is -2.42. The summed E-state index contributed by atoms with van der Waals surface area (Å²) in [5.41, 5.74) is 5.11. The summed E-state index contributed by atoms with van der Waals surface area (Å²) < 4.78 is 39.5. The van der Waals surface area contributed by atoms with E-state index in [1.54, 1.807) is 4.90 Å². The molecule has 1 aliphatic rings. The summed E-state index contributed by atoms with van der Waals surface area (Å²) in [6.07, 6.45) is -2.26. The molecule has 2 heterocycles. The molecule has 0 saturated carbocycles. The van der Waals surface area contributed by atoms with E-state index >= 15 is 0 Å². The normalized spacial score (nSPS) is 18.2. The lowest BCUT2D eigenvalue weighted by molar-refractivity contribution is -0.137. The highest BCUT2D eigenvalue weighted by Gasteiger charge is 2.31. The molecule has 2 N–H and O–H groups in total. The zero-order valence-corrected chi connectivity index (χ0v) is 12.7. The molecule has 1 atom stereocenters. The summed E-state index contributed by atoms with van der Waals surface area (Å²) in [7, 11) is 0. The van der Waals surface area contributed by atoms with Gasteiger partial charge in [0.05, 0.1) is 17.4 Å². The van der Waals surface area contributed by atoms with Gasteiger partial charge in [-0.2, -0.15) is 13.2 Å². The minimum atomic E-state index is -4.44.